The van der Waals surface area contributed by atoms with E-state index in [0.29, 0.717) is 0 Å². The molecule has 0 saturated heterocycles. The van der Waals surface area contributed by atoms with Crippen LogP contribution in [0.5, 0.6) is 0 Å². The fraction of sp³-hybridized carbons (Fsp3) is 0.267. The largest absolute Gasteiger partial charge is 0.479 e. The summed E-state index contributed by atoms with van der Waals surface area (Å²) in [5, 5.41) is 35.7. The standard InChI is InChI=1S/C11H12N2.C4H6O6/c1-2-4-10(5-3-1)6-7-11-12-8-9-13-11;5-1(3(7)8)2(6)4(9)10/h1-7H,8-9H2,(H,12,13);1-2,5-6H,(H,7,8)(H,9,10)/t;1-,2-/m.1/s1. The van der Waals surface area contributed by atoms with Gasteiger partial charge in [-0.1, -0.05) is 36.4 Å². The van der Waals surface area contributed by atoms with Crippen LogP contribution in [0.2, 0.25) is 0 Å². The number of carbonyl (C=O) groups is 2. The number of rotatable bonds is 5. The highest BCUT2D eigenvalue weighted by atomic mass is 16.4. The first-order valence-corrected chi connectivity index (χ1v) is 6.75. The topological polar surface area (TPSA) is 139 Å². The fourth-order valence-electron chi connectivity index (χ4n) is 1.54. The summed E-state index contributed by atoms with van der Waals surface area (Å²) in [5.41, 5.74) is 1.21. The molecule has 0 unspecified atom stereocenters. The van der Waals surface area contributed by atoms with Crippen LogP contribution in [0.15, 0.2) is 41.4 Å². The van der Waals surface area contributed by atoms with Crippen LogP contribution < -0.4 is 5.32 Å². The van der Waals surface area contributed by atoms with Crippen molar-refractivity contribution in [1.82, 2.24) is 5.32 Å². The van der Waals surface area contributed by atoms with E-state index < -0.39 is 24.1 Å². The van der Waals surface area contributed by atoms with Crippen molar-refractivity contribution in [3.05, 3.63) is 42.0 Å². The summed E-state index contributed by atoms with van der Waals surface area (Å²) in [7, 11) is 0. The van der Waals surface area contributed by atoms with E-state index in [1.165, 1.54) is 5.56 Å². The van der Waals surface area contributed by atoms with Gasteiger partial charge in [-0.3, -0.25) is 4.99 Å². The number of nitrogens with zero attached hydrogens (tertiary/aromatic N) is 1. The van der Waals surface area contributed by atoms with Gasteiger partial charge in [-0.05, 0) is 11.6 Å². The number of aliphatic hydroxyl groups is 2. The van der Waals surface area contributed by atoms with Crippen molar-refractivity contribution in [1.29, 1.82) is 0 Å². The van der Waals surface area contributed by atoms with Crippen molar-refractivity contribution in [2.45, 2.75) is 12.2 Å². The number of aliphatic imine (C=N–C) groups is 1. The Balaban J connectivity index is 0.000000241. The molecule has 2 atom stereocenters. The third-order valence-electron chi connectivity index (χ3n) is 2.74. The number of carboxylic acid groups (broad SMARTS) is 2. The molecule has 1 aromatic rings. The van der Waals surface area contributed by atoms with E-state index in [1.54, 1.807) is 0 Å². The summed E-state index contributed by atoms with van der Waals surface area (Å²) in [4.78, 5) is 23.8. The molecule has 2 rings (SSSR count). The van der Waals surface area contributed by atoms with Crippen molar-refractivity contribution in [3.63, 3.8) is 0 Å². The molecular weight excluding hydrogens is 304 g/mol. The molecule has 0 aromatic heterocycles. The Morgan fingerprint density at radius 3 is 2.04 bits per heavy atom. The first-order chi connectivity index (χ1) is 10.9. The lowest BCUT2D eigenvalue weighted by Crippen LogP contribution is -2.39. The summed E-state index contributed by atoms with van der Waals surface area (Å²) in [6.45, 7) is 1.86. The average Bonchev–Trinajstić information content (AvgIpc) is 3.06. The molecule has 0 aliphatic carbocycles. The monoisotopic (exact) mass is 322 g/mol. The van der Waals surface area contributed by atoms with Gasteiger partial charge in [0.05, 0.1) is 6.54 Å². The van der Waals surface area contributed by atoms with E-state index in [1.807, 2.05) is 24.3 Å². The minimum absolute atomic E-state index is 0.897. The Kier molecular flexibility index (Phi) is 7.44. The third-order valence-corrected chi connectivity index (χ3v) is 2.74. The van der Waals surface area contributed by atoms with E-state index in [4.69, 9.17) is 20.4 Å². The van der Waals surface area contributed by atoms with Crippen LogP contribution in [0.3, 0.4) is 0 Å². The maximum absolute atomic E-state index is 9.77. The van der Waals surface area contributed by atoms with Crippen molar-refractivity contribution in [2.24, 2.45) is 4.99 Å². The Morgan fingerprint density at radius 2 is 1.61 bits per heavy atom. The van der Waals surface area contributed by atoms with E-state index in [-0.39, 0.29) is 0 Å². The molecule has 8 nitrogen and oxygen atoms in total. The van der Waals surface area contributed by atoms with Gasteiger partial charge in [0.25, 0.3) is 0 Å². The van der Waals surface area contributed by atoms with Crippen LogP contribution in [-0.2, 0) is 9.59 Å². The van der Waals surface area contributed by atoms with Crippen LogP contribution in [0.25, 0.3) is 6.08 Å². The molecule has 1 aromatic carbocycles. The minimum Gasteiger partial charge on any atom is -0.479 e. The van der Waals surface area contributed by atoms with Crippen molar-refractivity contribution < 1.29 is 30.0 Å². The maximum Gasteiger partial charge on any atom is 0.335 e. The molecule has 124 valence electrons. The quantitative estimate of drug-likeness (QED) is 0.496. The van der Waals surface area contributed by atoms with Crippen LogP contribution in [0.1, 0.15) is 5.56 Å². The number of nitrogens with one attached hydrogen (secondary N) is 1. The summed E-state index contributed by atoms with van der Waals surface area (Å²) in [6, 6.07) is 10.2. The number of aliphatic hydroxyl groups excluding tert-OH is 2. The molecule has 0 fully saturated rings. The van der Waals surface area contributed by atoms with Crippen molar-refractivity contribution in [2.75, 3.05) is 13.1 Å². The summed E-state index contributed by atoms with van der Waals surface area (Å²) in [6.07, 6.45) is -0.450. The molecule has 0 spiro atoms. The first-order valence-electron chi connectivity index (χ1n) is 6.75. The summed E-state index contributed by atoms with van der Waals surface area (Å²) >= 11 is 0. The highest BCUT2D eigenvalue weighted by Crippen LogP contribution is 2.01. The highest BCUT2D eigenvalue weighted by molar-refractivity contribution is 5.97. The van der Waals surface area contributed by atoms with E-state index in [0.717, 1.165) is 18.9 Å². The zero-order valence-corrected chi connectivity index (χ0v) is 12.2. The lowest BCUT2D eigenvalue weighted by atomic mass is 10.2. The lowest BCUT2D eigenvalue weighted by Gasteiger charge is -2.07. The normalized spacial score (nSPS) is 15.8. The second kappa shape index (κ2) is 9.34. The van der Waals surface area contributed by atoms with E-state index >= 15 is 0 Å². The second-order valence-corrected chi connectivity index (χ2v) is 4.50. The van der Waals surface area contributed by atoms with Gasteiger partial charge in [-0.2, -0.15) is 0 Å². The maximum atomic E-state index is 9.77. The van der Waals surface area contributed by atoms with Gasteiger partial charge in [0.15, 0.2) is 12.2 Å². The van der Waals surface area contributed by atoms with Crippen LogP contribution in [0.4, 0.5) is 0 Å². The van der Waals surface area contributed by atoms with Gasteiger partial charge in [-0.25, -0.2) is 9.59 Å². The third kappa shape index (κ3) is 6.72. The van der Waals surface area contributed by atoms with Gasteiger partial charge >= 0.3 is 11.9 Å². The number of amidine groups is 1. The van der Waals surface area contributed by atoms with Gasteiger partial charge in [0.1, 0.15) is 5.84 Å². The van der Waals surface area contributed by atoms with Gasteiger partial charge in [0, 0.05) is 6.54 Å². The molecule has 0 radical (unpaired) electrons. The van der Waals surface area contributed by atoms with Crippen LogP contribution in [-0.4, -0.2) is 63.5 Å². The summed E-state index contributed by atoms with van der Waals surface area (Å²) < 4.78 is 0. The molecule has 0 bridgehead atoms. The highest BCUT2D eigenvalue weighted by Gasteiger charge is 2.29. The molecule has 1 aliphatic rings. The molecule has 1 aliphatic heterocycles. The number of aliphatic carboxylic acids is 2. The van der Waals surface area contributed by atoms with Crippen LogP contribution >= 0.6 is 0 Å². The van der Waals surface area contributed by atoms with E-state index in [2.05, 4.69) is 28.5 Å². The summed E-state index contributed by atoms with van der Waals surface area (Å²) in [5.74, 6) is -2.55. The molecular formula is C15H18N2O6. The first kappa shape index (κ1) is 18.3. The SMILES string of the molecule is C(=Cc1ccccc1)C1=NCCN1.O=C(O)[C@H](O)[C@@H](O)C(=O)O. The minimum atomic E-state index is -2.27. The fourth-order valence-corrected chi connectivity index (χ4v) is 1.54. The van der Waals surface area contributed by atoms with Crippen molar-refractivity contribution >= 4 is 23.9 Å². The van der Waals surface area contributed by atoms with E-state index in [9.17, 15) is 9.59 Å². The Labute approximate surface area is 132 Å². The van der Waals surface area contributed by atoms with Crippen molar-refractivity contribution in [3.8, 4) is 0 Å². The molecule has 8 heteroatoms. The van der Waals surface area contributed by atoms with Gasteiger partial charge < -0.3 is 25.7 Å². The molecule has 0 saturated carbocycles. The molecule has 23 heavy (non-hydrogen) atoms. The molecule has 0 amide bonds. The Bertz CT molecular complexity index is 567. The average molecular weight is 322 g/mol. The number of benzene rings is 1. The second-order valence-electron chi connectivity index (χ2n) is 4.50. The lowest BCUT2D eigenvalue weighted by molar-refractivity contribution is -0.165. The predicted molar refractivity (Wildman–Crippen MR) is 83.1 cm³/mol. The zero-order valence-electron chi connectivity index (χ0n) is 12.2. The number of hydrogen-bond donors (Lipinski definition) is 5. The molecule has 5 N–H and O–H groups in total. The van der Waals surface area contributed by atoms with Crippen LogP contribution in [0, 0.1) is 0 Å². The Morgan fingerprint density at radius 1 is 1.04 bits per heavy atom. The number of carboxylic acids is 2. The predicted octanol–water partition coefficient (Wildman–Crippen LogP) is -0.421. The Hall–Kier alpha value is -2.71. The zero-order chi connectivity index (χ0) is 17.2. The number of hydrogen-bond acceptors (Lipinski definition) is 6. The molecule has 1 heterocycles. The van der Waals surface area contributed by atoms with Gasteiger partial charge in [0.2, 0.25) is 0 Å². The smallest absolute Gasteiger partial charge is 0.335 e. The van der Waals surface area contributed by atoms with Gasteiger partial charge in [-0.15, -0.1) is 0 Å².